The van der Waals surface area contributed by atoms with Gasteiger partial charge >= 0.3 is 5.97 Å². The fourth-order valence-corrected chi connectivity index (χ4v) is 3.55. The van der Waals surface area contributed by atoms with Crippen LogP contribution in [0.15, 0.2) is 42.5 Å². The molecule has 0 bridgehead atoms. The van der Waals surface area contributed by atoms with E-state index in [0.29, 0.717) is 23.7 Å². The number of halogens is 1. The van der Waals surface area contributed by atoms with Gasteiger partial charge in [-0.15, -0.1) is 0 Å². The van der Waals surface area contributed by atoms with E-state index in [1.807, 2.05) is 41.9 Å². The number of hydrogen-bond acceptors (Lipinski definition) is 5. The van der Waals surface area contributed by atoms with Crippen LogP contribution < -0.4 is 4.90 Å². The Kier molecular flexibility index (Phi) is 4.76. The monoisotopic (exact) mass is 385 g/mol. The molecule has 1 aromatic heterocycles. The lowest BCUT2D eigenvalue weighted by molar-refractivity contribution is 0.0391. The molecule has 1 saturated heterocycles. The SMILES string of the molecule is COC(=O)c1ccc2c(c1)nc(N1CCO[C@H](c3ccc(Cl)cc3)C1)n2C. The van der Waals surface area contributed by atoms with Gasteiger partial charge in [-0.1, -0.05) is 23.7 Å². The molecule has 1 atom stereocenters. The van der Waals surface area contributed by atoms with Crippen LogP contribution in [0.5, 0.6) is 0 Å². The number of imidazole rings is 1. The predicted molar refractivity (Wildman–Crippen MR) is 104 cm³/mol. The molecule has 0 spiro atoms. The molecular formula is C20H20ClN3O3. The number of aromatic nitrogens is 2. The first kappa shape index (κ1) is 17.8. The topological polar surface area (TPSA) is 56.6 Å². The molecule has 1 aliphatic rings. The first-order valence-corrected chi connectivity index (χ1v) is 9.11. The second kappa shape index (κ2) is 7.21. The lowest BCUT2D eigenvalue weighted by Gasteiger charge is -2.33. The van der Waals surface area contributed by atoms with Crippen molar-refractivity contribution >= 4 is 34.6 Å². The number of ether oxygens (including phenoxy) is 2. The summed E-state index contributed by atoms with van der Waals surface area (Å²) in [5.41, 5.74) is 3.32. The molecule has 0 radical (unpaired) electrons. The van der Waals surface area contributed by atoms with E-state index in [0.717, 1.165) is 29.1 Å². The van der Waals surface area contributed by atoms with Gasteiger partial charge in [0.1, 0.15) is 6.10 Å². The van der Waals surface area contributed by atoms with Crippen LogP contribution in [-0.2, 0) is 16.5 Å². The van der Waals surface area contributed by atoms with Crippen LogP contribution in [0.3, 0.4) is 0 Å². The first-order valence-electron chi connectivity index (χ1n) is 8.73. The maximum atomic E-state index is 11.8. The Balaban J connectivity index is 1.63. The van der Waals surface area contributed by atoms with E-state index >= 15 is 0 Å². The molecule has 4 rings (SSSR count). The smallest absolute Gasteiger partial charge is 0.337 e. The summed E-state index contributed by atoms with van der Waals surface area (Å²) >= 11 is 5.99. The quantitative estimate of drug-likeness (QED) is 0.645. The van der Waals surface area contributed by atoms with Gasteiger partial charge in [0.25, 0.3) is 0 Å². The highest BCUT2D eigenvalue weighted by molar-refractivity contribution is 6.30. The van der Waals surface area contributed by atoms with E-state index in [1.54, 1.807) is 12.1 Å². The van der Waals surface area contributed by atoms with Gasteiger partial charge in [0.05, 0.1) is 36.9 Å². The summed E-state index contributed by atoms with van der Waals surface area (Å²) in [5.74, 6) is 0.493. The Morgan fingerprint density at radius 2 is 2.04 bits per heavy atom. The standard InChI is InChI=1S/C20H20ClN3O3/c1-23-17-8-5-14(19(25)26-2)11-16(17)22-20(23)24-9-10-27-18(12-24)13-3-6-15(21)7-4-13/h3-8,11,18H,9-10,12H2,1-2H3/t18-/m0/s1. The van der Waals surface area contributed by atoms with Crippen LogP contribution >= 0.6 is 11.6 Å². The Morgan fingerprint density at radius 1 is 1.26 bits per heavy atom. The second-order valence-electron chi connectivity index (χ2n) is 6.52. The third-order valence-electron chi connectivity index (χ3n) is 4.87. The van der Waals surface area contributed by atoms with Crippen molar-refractivity contribution in [1.29, 1.82) is 0 Å². The fraction of sp³-hybridized carbons (Fsp3) is 0.300. The van der Waals surface area contributed by atoms with Crippen molar-refractivity contribution < 1.29 is 14.3 Å². The highest BCUT2D eigenvalue weighted by Gasteiger charge is 2.25. The molecule has 7 heteroatoms. The number of hydrogen-bond donors (Lipinski definition) is 0. The third-order valence-corrected chi connectivity index (χ3v) is 5.12. The summed E-state index contributed by atoms with van der Waals surface area (Å²) in [6.07, 6.45) is -0.0403. The van der Waals surface area contributed by atoms with Crippen molar-refractivity contribution in [3.8, 4) is 0 Å². The number of esters is 1. The minimum atomic E-state index is -0.363. The Morgan fingerprint density at radius 3 is 2.78 bits per heavy atom. The third kappa shape index (κ3) is 3.38. The van der Waals surface area contributed by atoms with Gasteiger partial charge in [0.2, 0.25) is 5.95 Å². The van der Waals surface area contributed by atoms with Crippen LogP contribution in [0.25, 0.3) is 11.0 Å². The van der Waals surface area contributed by atoms with E-state index < -0.39 is 0 Å². The molecule has 1 aliphatic heterocycles. The molecule has 0 N–H and O–H groups in total. The summed E-state index contributed by atoms with van der Waals surface area (Å²) in [7, 11) is 3.36. The summed E-state index contributed by atoms with van der Waals surface area (Å²) < 4.78 is 12.8. The average molecular weight is 386 g/mol. The molecule has 1 fully saturated rings. The van der Waals surface area contributed by atoms with Crippen LogP contribution in [0.4, 0.5) is 5.95 Å². The lowest BCUT2D eigenvalue weighted by Crippen LogP contribution is -2.39. The summed E-state index contributed by atoms with van der Waals surface area (Å²) in [6, 6.07) is 13.2. The summed E-state index contributed by atoms with van der Waals surface area (Å²) in [6.45, 7) is 2.07. The zero-order valence-corrected chi connectivity index (χ0v) is 15.9. The number of rotatable bonds is 3. The number of carbonyl (C=O) groups is 1. The predicted octanol–water partition coefficient (Wildman–Crippen LogP) is 3.59. The molecule has 27 heavy (non-hydrogen) atoms. The van der Waals surface area contributed by atoms with E-state index in [9.17, 15) is 4.79 Å². The fourth-order valence-electron chi connectivity index (χ4n) is 3.42. The number of benzene rings is 2. The number of nitrogens with zero attached hydrogens (tertiary/aromatic N) is 3. The Hall–Kier alpha value is -2.57. The van der Waals surface area contributed by atoms with Gasteiger partial charge in [-0.2, -0.15) is 0 Å². The molecule has 6 nitrogen and oxygen atoms in total. The number of carbonyl (C=O) groups excluding carboxylic acids is 1. The van der Waals surface area contributed by atoms with Gasteiger partial charge in [-0.3, -0.25) is 0 Å². The van der Waals surface area contributed by atoms with E-state index in [-0.39, 0.29) is 12.1 Å². The Labute approximate surface area is 162 Å². The number of anilines is 1. The van der Waals surface area contributed by atoms with Crippen molar-refractivity contribution in [3.63, 3.8) is 0 Å². The average Bonchev–Trinajstić information content (AvgIpc) is 3.04. The van der Waals surface area contributed by atoms with E-state index in [4.69, 9.17) is 26.1 Å². The summed E-state index contributed by atoms with van der Waals surface area (Å²) in [5, 5.41) is 0.711. The van der Waals surface area contributed by atoms with Crippen LogP contribution in [0, 0.1) is 0 Å². The van der Waals surface area contributed by atoms with Gasteiger partial charge < -0.3 is 18.9 Å². The van der Waals surface area contributed by atoms with Crippen LogP contribution in [0.2, 0.25) is 5.02 Å². The normalized spacial score (nSPS) is 17.3. The minimum absolute atomic E-state index is 0.0403. The Bertz CT molecular complexity index is 984. The van der Waals surface area contributed by atoms with Crippen molar-refractivity contribution in [2.45, 2.75) is 6.10 Å². The van der Waals surface area contributed by atoms with Gasteiger partial charge in [-0.05, 0) is 35.9 Å². The molecule has 140 valence electrons. The molecule has 0 amide bonds. The van der Waals surface area contributed by atoms with Gasteiger partial charge in [0.15, 0.2) is 0 Å². The van der Waals surface area contributed by atoms with Crippen molar-refractivity contribution in [2.75, 3.05) is 31.7 Å². The van der Waals surface area contributed by atoms with Crippen LogP contribution in [0.1, 0.15) is 22.0 Å². The summed E-state index contributed by atoms with van der Waals surface area (Å²) in [4.78, 5) is 18.8. The highest BCUT2D eigenvalue weighted by atomic mass is 35.5. The van der Waals surface area contributed by atoms with Crippen LogP contribution in [-0.4, -0.2) is 42.3 Å². The zero-order chi connectivity index (χ0) is 19.0. The molecule has 3 aromatic rings. The van der Waals surface area contributed by atoms with Gasteiger partial charge in [-0.25, -0.2) is 9.78 Å². The molecule has 2 heterocycles. The first-order chi connectivity index (χ1) is 13.1. The molecule has 0 saturated carbocycles. The molecule has 2 aromatic carbocycles. The largest absolute Gasteiger partial charge is 0.465 e. The number of methoxy groups -OCH3 is 1. The maximum absolute atomic E-state index is 11.8. The zero-order valence-electron chi connectivity index (χ0n) is 15.2. The minimum Gasteiger partial charge on any atom is -0.465 e. The number of aryl methyl sites for hydroxylation is 1. The van der Waals surface area contributed by atoms with E-state index in [1.165, 1.54) is 7.11 Å². The van der Waals surface area contributed by atoms with Crippen molar-refractivity contribution in [3.05, 3.63) is 58.6 Å². The van der Waals surface area contributed by atoms with E-state index in [2.05, 4.69) is 4.90 Å². The second-order valence-corrected chi connectivity index (χ2v) is 6.96. The maximum Gasteiger partial charge on any atom is 0.337 e. The highest BCUT2D eigenvalue weighted by Crippen LogP contribution is 2.29. The number of morpholine rings is 1. The van der Waals surface area contributed by atoms with Crippen molar-refractivity contribution in [1.82, 2.24) is 9.55 Å². The molecule has 0 aliphatic carbocycles. The van der Waals surface area contributed by atoms with Gasteiger partial charge in [0, 0.05) is 18.6 Å². The van der Waals surface area contributed by atoms with Crippen molar-refractivity contribution in [2.24, 2.45) is 7.05 Å². The molecule has 0 unspecified atom stereocenters. The molecular weight excluding hydrogens is 366 g/mol. The number of fused-ring (bicyclic) bond motifs is 1. The lowest BCUT2D eigenvalue weighted by atomic mass is 10.1.